The van der Waals surface area contributed by atoms with Crippen molar-refractivity contribution in [2.75, 3.05) is 7.11 Å². The van der Waals surface area contributed by atoms with Crippen molar-refractivity contribution >= 4 is 28.3 Å². The number of carbonyl (C=O) groups is 3. The highest BCUT2D eigenvalue weighted by Crippen LogP contribution is 2.45. The van der Waals surface area contributed by atoms with Crippen molar-refractivity contribution in [1.82, 2.24) is 0 Å². The predicted molar refractivity (Wildman–Crippen MR) is 144 cm³/mol. The standard InChI is InChI=1S/C33H22O4/c1-19-26(20-11-5-3-6-12-20)29-30(28(27(19)33(36)37-2)21-13-7-4-8-14-21)32(35)25-18-23-16-10-9-15-22(23)17-24(25)31(29)34/h3-18H,1-2H3. The molecule has 0 bridgehead atoms. The van der Waals surface area contributed by atoms with Crippen molar-refractivity contribution in [2.24, 2.45) is 0 Å². The highest BCUT2D eigenvalue weighted by Gasteiger charge is 2.38. The lowest BCUT2D eigenvalue weighted by Crippen LogP contribution is -2.25. The minimum atomic E-state index is -0.555. The molecule has 1 aliphatic carbocycles. The van der Waals surface area contributed by atoms with E-state index in [0.29, 0.717) is 38.9 Å². The van der Waals surface area contributed by atoms with Gasteiger partial charge in [0.15, 0.2) is 11.6 Å². The van der Waals surface area contributed by atoms with Crippen LogP contribution in [0.1, 0.15) is 47.8 Å². The third-order valence-electron chi connectivity index (χ3n) is 7.09. The molecule has 6 rings (SSSR count). The van der Waals surface area contributed by atoms with E-state index in [0.717, 1.165) is 16.3 Å². The Hall–Kier alpha value is -4.83. The average Bonchev–Trinajstić information content (AvgIpc) is 2.95. The van der Waals surface area contributed by atoms with Gasteiger partial charge >= 0.3 is 5.97 Å². The van der Waals surface area contributed by atoms with Gasteiger partial charge in [0.05, 0.1) is 12.7 Å². The molecule has 0 N–H and O–H groups in total. The van der Waals surface area contributed by atoms with Gasteiger partial charge in [0.25, 0.3) is 0 Å². The third-order valence-corrected chi connectivity index (χ3v) is 7.09. The number of hydrogen-bond donors (Lipinski definition) is 0. The Bertz CT molecular complexity index is 1750. The Balaban J connectivity index is 1.81. The molecule has 0 heterocycles. The summed E-state index contributed by atoms with van der Waals surface area (Å²) in [6.45, 7) is 1.81. The molecule has 0 unspecified atom stereocenters. The SMILES string of the molecule is COC(=O)c1c(C)c(-c2ccccc2)c2c(c1-c1ccccc1)C(=O)c1cc3ccccc3cc1C2=O. The Morgan fingerprint density at radius 3 is 1.51 bits per heavy atom. The summed E-state index contributed by atoms with van der Waals surface area (Å²) >= 11 is 0. The van der Waals surface area contributed by atoms with Gasteiger partial charge in [0.2, 0.25) is 0 Å². The van der Waals surface area contributed by atoms with Gasteiger partial charge in [-0.2, -0.15) is 0 Å². The van der Waals surface area contributed by atoms with Crippen LogP contribution in [0.4, 0.5) is 0 Å². The summed E-state index contributed by atoms with van der Waals surface area (Å²) in [4.78, 5) is 41.9. The van der Waals surface area contributed by atoms with Gasteiger partial charge in [-0.1, -0.05) is 84.9 Å². The Morgan fingerprint density at radius 1 is 0.595 bits per heavy atom. The average molecular weight is 483 g/mol. The molecule has 0 spiro atoms. The highest BCUT2D eigenvalue weighted by molar-refractivity contribution is 6.34. The monoisotopic (exact) mass is 482 g/mol. The molecular weight excluding hydrogens is 460 g/mol. The molecule has 5 aromatic rings. The van der Waals surface area contributed by atoms with Crippen LogP contribution in [0.2, 0.25) is 0 Å². The molecule has 0 saturated carbocycles. The maximum atomic E-state index is 14.3. The van der Waals surface area contributed by atoms with E-state index in [9.17, 15) is 14.4 Å². The van der Waals surface area contributed by atoms with Crippen LogP contribution in [0.5, 0.6) is 0 Å². The van der Waals surface area contributed by atoms with Crippen molar-refractivity contribution in [3.63, 3.8) is 0 Å². The Labute approximate surface area is 214 Å². The van der Waals surface area contributed by atoms with Crippen LogP contribution in [0, 0.1) is 6.92 Å². The number of ether oxygens (including phenoxy) is 1. The molecule has 0 amide bonds. The number of benzene rings is 5. The van der Waals surface area contributed by atoms with Gasteiger partial charge in [-0.3, -0.25) is 9.59 Å². The van der Waals surface area contributed by atoms with Gasteiger partial charge in [-0.05, 0) is 52.1 Å². The van der Waals surface area contributed by atoms with Crippen LogP contribution in [0.3, 0.4) is 0 Å². The second-order valence-corrected chi connectivity index (χ2v) is 9.13. The normalized spacial score (nSPS) is 12.3. The van der Waals surface area contributed by atoms with Gasteiger partial charge in [0.1, 0.15) is 0 Å². The van der Waals surface area contributed by atoms with Gasteiger partial charge in [0, 0.05) is 27.8 Å². The van der Waals surface area contributed by atoms with E-state index >= 15 is 0 Å². The number of esters is 1. The lowest BCUT2D eigenvalue weighted by atomic mass is 9.73. The fourth-order valence-electron chi connectivity index (χ4n) is 5.43. The molecule has 0 atom stereocenters. The first-order valence-corrected chi connectivity index (χ1v) is 12.0. The van der Waals surface area contributed by atoms with Crippen LogP contribution in [0.15, 0.2) is 97.1 Å². The van der Waals surface area contributed by atoms with Crippen LogP contribution < -0.4 is 0 Å². The number of carbonyl (C=O) groups excluding carboxylic acids is 3. The summed E-state index contributed by atoms with van der Waals surface area (Å²) in [6.07, 6.45) is 0. The van der Waals surface area contributed by atoms with E-state index in [1.165, 1.54) is 7.11 Å². The van der Waals surface area contributed by atoms with Crippen LogP contribution in [-0.4, -0.2) is 24.6 Å². The maximum Gasteiger partial charge on any atom is 0.338 e. The molecule has 4 nitrogen and oxygen atoms in total. The maximum absolute atomic E-state index is 14.3. The fraction of sp³-hybridized carbons (Fsp3) is 0.0606. The summed E-state index contributed by atoms with van der Waals surface area (Å²) < 4.78 is 5.22. The number of ketones is 2. The van der Waals surface area contributed by atoms with E-state index in [-0.39, 0.29) is 22.7 Å². The van der Waals surface area contributed by atoms with E-state index in [1.807, 2.05) is 91.9 Å². The molecule has 37 heavy (non-hydrogen) atoms. The molecule has 178 valence electrons. The largest absolute Gasteiger partial charge is 0.465 e. The molecule has 1 aliphatic rings. The summed E-state index contributed by atoms with van der Waals surface area (Å²) in [7, 11) is 1.33. The van der Waals surface area contributed by atoms with Crippen LogP contribution >= 0.6 is 0 Å². The minimum Gasteiger partial charge on any atom is -0.465 e. The van der Waals surface area contributed by atoms with Crippen molar-refractivity contribution in [2.45, 2.75) is 6.92 Å². The molecule has 0 fully saturated rings. The first-order chi connectivity index (χ1) is 18.0. The quantitative estimate of drug-likeness (QED) is 0.254. The van der Waals surface area contributed by atoms with Gasteiger partial charge in [-0.15, -0.1) is 0 Å². The minimum absolute atomic E-state index is 0.231. The number of rotatable bonds is 3. The number of fused-ring (bicyclic) bond motifs is 3. The summed E-state index contributed by atoms with van der Waals surface area (Å²) in [5.74, 6) is -1.07. The molecule has 0 radical (unpaired) electrons. The lowest BCUT2D eigenvalue weighted by Gasteiger charge is -2.27. The second kappa shape index (κ2) is 8.68. The van der Waals surface area contributed by atoms with Crippen molar-refractivity contribution in [1.29, 1.82) is 0 Å². The van der Waals surface area contributed by atoms with E-state index in [1.54, 1.807) is 12.1 Å². The smallest absolute Gasteiger partial charge is 0.338 e. The Kier molecular flexibility index (Phi) is 5.31. The number of hydrogen-bond acceptors (Lipinski definition) is 4. The van der Waals surface area contributed by atoms with Crippen LogP contribution in [-0.2, 0) is 4.74 Å². The van der Waals surface area contributed by atoms with Crippen molar-refractivity contribution < 1.29 is 19.1 Å². The first kappa shape index (κ1) is 22.6. The van der Waals surface area contributed by atoms with E-state index in [2.05, 4.69) is 0 Å². The molecule has 5 aromatic carbocycles. The first-order valence-electron chi connectivity index (χ1n) is 12.0. The van der Waals surface area contributed by atoms with E-state index in [4.69, 9.17) is 4.74 Å². The van der Waals surface area contributed by atoms with Crippen molar-refractivity contribution in [3.8, 4) is 22.3 Å². The lowest BCUT2D eigenvalue weighted by molar-refractivity contribution is 0.0600. The van der Waals surface area contributed by atoms with Crippen molar-refractivity contribution in [3.05, 3.63) is 130 Å². The van der Waals surface area contributed by atoms with Crippen LogP contribution in [0.25, 0.3) is 33.0 Å². The molecule has 4 heteroatoms. The summed E-state index contributed by atoms with van der Waals surface area (Å²) in [6, 6.07) is 29.9. The highest BCUT2D eigenvalue weighted by atomic mass is 16.5. The van der Waals surface area contributed by atoms with Gasteiger partial charge in [-0.25, -0.2) is 4.79 Å². The zero-order chi connectivity index (χ0) is 25.7. The molecule has 0 aromatic heterocycles. The Morgan fingerprint density at radius 2 is 1.03 bits per heavy atom. The van der Waals surface area contributed by atoms with Gasteiger partial charge < -0.3 is 4.74 Å². The zero-order valence-electron chi connectivity index (χ0n) is 20.4. The zero-order valence-corrected chi connectivity index (χ0v) is 20.4. The topological polar surface area (TPSA) is 60.4 Å². The summed E-state index contributed by atoms with van der Waals surface area (Å²) in [5, 5.41) is 1.76. The van der Waals surface area contributed by atoms with E-state index < -0.39 is 5.97 Å². The second-order valence-electron chi connectivity index (χ2n) is 9.13. The molecule has 0 aliphatic heterocycles. The molecular formula is C33H22O4. The fourth-order valence-corrected chi connectivity index (χ4v) is 5.43. The third kappa shape index (κ3) is 3.41. The number of methoxy groups -OCH3 is 1. The summed E-state index contributed by atoms with van der Waals surface area (Å²) in [5.41, 5.74) is 4.59. The molecule has 0 saturated heterocycles. The predicted octanol–water partition coefficient (Wildman–Crippen LogP) is 7.04.